The molecule has 1 aliphatic rings. The molecule has 0 radical (unpaired) electrons. The Morgan fingerprint density at radius 3 is 2.39 bits per heavy atom. The monoisotopic (exact) mass is 390 g/mol. The normalized spacial score (nSPS) is 13.9. The molecule has 8 heteroatoms. The molecule has 0 bridgehead atoms. The van der Waals surface area contributed by atoms with Gasteiger partial charge in [-0.3, -0.25) is 4.79 Å². The lowest BCUT2D eigenvalue weighted by Crippen LogP contribution is -2.50. The third-order valence-corrected chi connectivity index (χ3v) is 4.33. The first-order valence-electron chi connectivity index (χ1n) is 8.84. The van der Waals surface area contributed by atoms with Crippen molar-refractivity contribution in [1.29, 1.82) is 0 Å². The Bertz CT molecular complexity index is 838. The second kappa shape index (κ2) is 9.16. The average molecular weight is 390 g/mol. The molecular weight excluding hydrogens is 370 g/mol. The molecule has 1 fully saturated rings. The van der Waals surface area contributed by atoms with Gasteiger partial charge < -0.3 is 19.3 Å². The van der Waals surface area contributed by atoms with Gasteiger partial charge in [-0.1, -0.05) is 18.2 Å². The first-order valence-corrected chi connectivity index (χ1v) is 8.84. The third-order valence-electron chi connectivity index (χ3n) is 4.33. The maximum atomic E-state index is 13.8. The predicted molar refractivity (Wildman–Crippen MR) is 98.0 cm³/mol. The maximum Gasteiger partial charge on any atom is 0.344 e. The van der Waals surface area contributed by atoms with Crippen LogP contribution in [0.2, 0.25) is 0 Å². The highest BCUT2D eigenvalue weighted by Crippen LogP contribution is 2.20. The third kappa shape index (κ3) is 5.18. The topological polar surface area (TPSA) is 59.1 Å². The molecule has 0 N–H and O–H groups in total. The quantitative estimate of drug-likeness (QED) is 0.708. The van der Waals surface area contributed by atoms with Crippen LogP contribution in [-0.2, 0) is 14.3 Å². The number of carbonyl (C=O) groups excluding carboxylic acids is 2. The van der Waals surface area contributed by atoms with E-state index in [1.807, 2.05) is 4.90 Å². The number of halogens is 2. The van der Waals surface area contributed by atoms with Crippen LogP contribution in [0.1, 0.15) is 0 Å². The largest absolute Gasteiger partial charge is 0.482 e. The zero-order valence-electron chi connectivity index (χ0n) is 15.1. The number of benzene rings is 2. The van der Waals surface area contributed by atoms with Crippen molar-refractivity contribution in [3.8, 4) is 5.75 Å². The summed E-state index contributed by atoms with van der Waals surface area (Å²) in [4.78, 5) is 27.3. The minimum atomic E-state index is -0.720. The van der Waals surface area contributed by atoms with E-state index in [1.54, 1.807) is 23.1 Å². The highest BCUT2D eigenvalue weighted by molar-refractivity contribution is 5.81. The van der Waals surface area contributed by atoms with E-state index in [4.69, 9.17) is 9.47 Å². The molecule has 0 saturated carbocycles. The van der Waals surface area contributed by atoms with Crippen molar-refractivity contribution >= 4 is 17.6 Å². The average Bonchev–Trinajstić information content (AvgIpc) is 2.71. The highest BCUT2D eigenvalue weighted by atomic mass is 19.1. The lowest BCUT2D eigenvalue weighted by Gasteiger charge is -2.36. The van der Waals surface area contributed by atoms with Crippen LogP contribution in [0.4, 0.5) is 14.5 Å². The smallest absolute Gasteiger partial charge is 0.344 e. The second-order valence-electron chi connectivity index (χ2n) is 6.23. The predicted octanol–water partition coefficient (Wildman–Crippen LogP) is 2.24. The number of amides is 1. The van der Waals surface area contributed by atoms with Gasteiger partial charge in [0.05, 0.1) is 5.69 Å². The molecule has 0 aliphatic carbocycles. The van der Waals surface area contributed by atoms with Crippen LogP contribution in [0.5, 0.6) is 5.75 Å². The molecule has 0 spiro atoms. The molecule has 1 amide bonds. The van der Waals surface area contributed by atoms with Crippen molar-refractivity contribution in [2.75, 3.05) is 44.3 Å². The van der Waals surface area contributed by atoms with E-state index in [2.05, 4.69) is 0 Å². The summed E-state index contributed by atoms with van der Waals surface area (Å²) in [7, 11) is 0. The molecule has 1 aliphatic heterocycles. The van der Waals surface area contributed by atoms with Gasteiger partial charge in [0.25, 0.3) is 5.91 Å². The summed E-state index contributed by atoms with van der Waals surface area (Å²) in [6, 6.07) is 11.9. The van der Waals surface area contributed by atoms with Crippen molar-refractivity contribution in [3.63, 3.8) is 0 Å². The zero-order chi connectivity index (χ0) is 19.9. The molecule has 1 saturated heterocycles. The summed E-state index contributed by atoms with van der Waals surface area (Å²) >= 11 is 0. The first kappa shape index (κ1) is 19.6. The zero-order valence-corrected chi connectivity index (χ0v) is 15.1. The minimum absolute atomic E-state index is 0.201. The van der Waals surface area contributed by atoms with Gasteiger partial charge in [0.15, 0.2) is 13.2 Å². The van der Waals surface area contributed by atoms with E-state index in [0.29, 0.717) is 31.9 Å². The Hall–Kier alpha value is -3.16. The number of para-hydroxylation sites is 1. The summed E-state index contributed by atoms with van der Waals surface area (Å²) in [6.45, 7) is 0.977. The molecule has 6 nitrogen and oxygen atoms in total. The van der Waals surface area contributed by atoms with Gasteiger partial charge in [-0.15, -0.1) is 0 Å². The molecule has 3 rings (SSSR count). The Morgan fingerprint density at radius 2 is 1.68 bits per heavy atom. The number of hydrogen-bond donors (Lipinski definition) is 0. The Kier molecular flexibility index (Phi) is 6.41. The van der Waals surface area contributed by atoms with Crippen molar-refractivity contribution in [2.24, 2.45) is 0 Å². The van der Waals surface area contributed by atoms with Gasteiger partial charge in [-0.25, -0.2) is 13.6 Å². The summed E-state index contributed by atoms with van der Waals surface area (Å²) in [5.74, 6) is -1.62. The van der Waals surface area contributed by atoms with Crippen molar-refractivity contribution in [1.82, 2.24) is 4.90 Å². The lowest BCUT2D eigenvalue weighted by atomic mass is 10.2. The van der Waals surface area contributed by atoms with Crippen LogP contribution >= 0.6 is 0 Å². The van der Waals surface area contributed by atoms with Crippen LogP contribution < -0.4 is 9.64 Å². The highest BCUT2D eigenvalue weighted by Gasteiger charge is 2.23. The van der Waals surface area contributed by atoms with Crippen LogP contribution in [0.3, 0.4) is 0 Å². The van der Waals surface area contributed by atoms with Crippen LogP contribution in [0, 0.1) is 11.6 Å². The summed E-state index contributed by atoms with van der Waals surface area (Å²) < 4.78 is 36.9. The van der Waals surface area contributed by atoms with E-state index in [1.165, 1.54) is 24.3 Å². The van der Waals surface area contributed by atoms with Gasteiger partial charge in [-0.2, -0.15) is 0 Å². The van der Waals surface area contributed by atoms with Crippen LogP contribution in [0.25, 0.3) is 0 Å². The molecule has 0 atom stereocenters. The molecule has 0 unspecified atom stereocenters. The fraction of sp³-hybridized carbons (Fsp3) is 0.300. The van der Waals surface area contributed by atoms with Gasteiger partial charge in [0, 0.05) is 32.2 Å². The fourth-order valence-corrected chi connectivity index (χ4v) is 2.88. The summed E-state index contributed by atoms with van der Waals surface area (Å²) in [5, 5.41) is 0. The standard InChI is InChI=1S/C20H20F2N2O4/c21-15-4-3-5-16(12-15)27-14-20(26)28-13-19(25)24-10-8-23(9-11-24)18-7-2-1-6-17(18)22/h1-7,12H,8-11,13-14H2. The number of carbonyl (C=O) groups is 2. The number of piperazine rings is 1. The number of hydrogen-bond acceptors (Lipinski definition) is 5. The van der Waals surface area contributed by atoms with Gasteiger partial charge in [-0.05, 0) is 24.3 Å². The number of nitrogens with zero attached hydrogens (tertiary/aromatic N) is 2. The molecule has 148 valence electrons. The fourth-order valence-electron chi connectivity index (χ4n) is 2.88. The Labute approximate surface area is 161 Å². The maximum absolute atomic E-state index is 13.8. The first-order chi connectivity index (χ1) is 13.5. The molecule has 28 heavy (non-hydrogen) atoms. The van der Waals surface area contributed by atoms with Gasteiger partial charge in [0.1, 0.15) is 17.4 Å². The summed E-state index contributed by atoms with van der Waals surface area (Å²) in [5.41, 5.74) is 0.510. The molecule has 2 aromatic rings. The van der Waals surface area contributed by atoms with Crippen molar-refractivity contribution in [2.45, 2.75) is 0 Å². The SMILES string of the molecule is O=C(COc1cccc(F)c1)OCC(=O)N1CCN(c2ccccc2F)CC1. The molecule has 0 aromatic heterocycles. The van der Waals surface area contributed by atoms with Crippen molar-refractivity contribution in [3.05, 3.63) is 60.2 Å². The van der Waals surface area contributed by atoms with E-state index in [0.717, 1.165) is 6.07 Å². The van der Waals surface area contributed by atoms with E-state index < -0.39 is 25.0 Å². The number of rotatable bonds is 6. The molecule has 1 heterocycles. The lowest BCUT2D eigenvalue weighted by molar-refractivity contribution is -0.153. The van der Waals surface area contributed by atoms with E-state index in [-0.39, 0.29) is 17.5 Å². The van der Waals surface area contributed by atoms with Gasteiger partial charge >= 0.3 is 5.97 Å². The van der Waals surface area contributed by atoms with Crippen LogP contribution in [-0.4, -0.2) is 56.2 Å². The van der Waals surface area contributed by atoms with Gasteiger partial charge in [0.2, 0.25) is 0 Å². The van der Waals surface area contributed by atoms with Crippen molar-refractivity contribution < 1.29 is 27.8 Å². The number of esters is 1. The second-order valence-corrected chi connectivity index (χ2v) is 6.23. The Balaban J connectivity index is 1.39. The molecule has 2 aromatic carbocycles. The summed E-state index contributed by atoms with van der Waals surface area (Å²) in [6.07, 6.45) is 0. The number of anilines is 1. The van der Waals surface area contributed by atoms with E-state index in [9.17, 15) is 18.4 Å². The Morgan fingerprint density at radius 1 is 0.929 bits per heavy atom. The number of ether oxygens (including phenoxy) is 2. The van der Waals surface area contributed by atoms with E-state index >= 15 is 0 Å². The van der Waals surface area contributed by atoms with Crippen LogP contribution in [0.15, 0.2) is 48.5 Å². The minimum Gasteiger partial charge on any atom is -0.482 e. The molecular formula is C20H20F2N2O4.